The molecule has 1 aliphatic heterocycles. The summed E-state index contributed by atoms with van der Waals surface area (Å²) < 4.78 is 14.6. The lowest BCUT2D eigenvalue weighted by atomic mass is 10.1. The molecule has 1 fully saturated rings. The number of anilines is 1. The molecule has 3 aromatic carbocycles. The second-order valence-corrected chi connectivity index (χ2v) is 9.25. The summed E-state index contributed by atoms with van der Waals surface area (Å²) in [6.45, 7) is 1.02. The maximum Gasteiger partial charge on any atom is 0.335 e. The van der Waals surface area contributed by atoms with Crippen LogP contribution < -0.4 is 20.9 Å². The summed E-state index contributed by atoms with van der Waals surface area (Å²) in [6, 6.07) is 25.7. The van der Waals surface area contributed by atoms with Crippen LogP contribution in [0.4, 0.5) is 5.82 Å². The van der Waals surface area contributed by atoms with Crippen LogP contribution in [0.1, 0.15) is 6.04 Å². The number of fused-ring (bicyclic) bond motifs is 1. The molecule has 2 aromatic heterocycles. The lowest BCUT2D eigenvalue weighted by Gasteiger charge is -2.38. The molecule has 0 spiro atoms. The van der Waals surface area contributed by atoms with E-state index in [1.165, 1.54) is 17.0 Å². The molecule has 5 aromatic rings. The molecule has 10 heteroatoms. The van der Waals surface area contributed by atoms with E-state index < -0.39 is 0 Å². The second-order valence-electron chi connectivity index (χ2n) is 9.25. The van der Waals surface area contributed by atoms with E-state index in [1.807, 2.05) is 60.7 Å². The number of carbonyl (C=O) groups is 1. The van der Waals surface area contributed by atoms with Gasteiger partial charge in [-0.3, -0.25) is 13.9 Å². The van der Waals surface area contributed by atoms with Crippen molar-refractivity contribution in [3.63, 3.8) is 0 Å². The molecule has 2 N–H and O–H groups in total. The van der Waals surface area contributed by atoms with Gasteiger partial charge in [-0.05, 0) is 54.6 Å². The molecule has 0 bridgehead atoms. The molecule has 0 unspecified atom stereocenters. The summed E-state index contributed by atoms with van der Waals surface area (Å²) in [5.41, 5.74) is 7.36. The quantitative estimate of drug-likeness (QED) is 0.299. The number of hydrogen-bond acceptors (Lipinski definition) is 7. The number of amides is 1. The highest BCUT2D eigenvalue weighted by molar-refractivity contribution is 5.88. The van der Waals surface area contributed by atoms with Crippen LogP contribution in [0.5, 0.6) is 17.2 Å². The van der Waals surface area contributed by atoms with E-state index in [1.54, 1.807) is 39.8 Å². The smallest absolute Gasteiger partial charge is 0.335 e. The summed E-state index contributed by atoms with van der Waals surface area (Å²) in [6.07, 6.45) is 4.51. The van der Waals surface area contributed by atoms with Gasteiger partial charge < -0.3 is 20.1 Å². The van der Waals surface area contributed by atoms with Crippen LogP contribution in [0.25, 0.3) is 16.9 Å². The number of hydrogen-bond donors (Lipinski definition) is 1. The third-order valence-electron chi connectivity index (χ3n) is 6.64. The Labute approximate surface area is 229 Å². The zero-order valence-electron chi connectivity index (χ0n) is 21.5. The minimum atomic E-state index is -0.303. The van der Waals surface area contributed by atoms with Crippen LogP contribution in [0, 0.1) is 0 Å². The fraction of sp³-hybridized carbons (Fsp3) is 0.133. The van der Waals surface area contributed by atoms with Gasteiger partial charge in [0.1, 0.15) is 35.7 Å². The van der Waals surface area contributed by atoms with Crippen LogP contribution in [0.15, 0.2) is 108 Å². The Balaban J connectivity index is 1.19. The van der Waals surface area contributed by atoms with E-state index in [9.17, 15) is 9.59 Å². The zero-order chi connectivity index (χ0) is 27.5. The molecule has 0 saturated carbocycles. The highest BCUT2D eigenvalue weighted by Gasteiger charge is 2.35. The van der Waals surface area contributed by atoms with Crippen LogP contribution in [0.3, 0.4) is 0 Å². The topological polar surface area (TPSA) is 118 Å². The van der Waals surface area contributed by atoms with Gasteiger partial charge >= 0.3 is 5.69 Å². The van der Waals surface area contributed by atoms with E-state index in [-0.39, 0.29) is 30.1 Å². The number of benzene rings is 3. The highest BCUT2D eigenvalue weighted by atomic mass is 16.5. The van der Waals surface area contributed by atoms with Crippen molar-refractivity contribution in [1.29, 1.82) is 0 Å². The van der Waals surface area contributed by atoms with Crippen molar-refractivity contribution in [1.82, 2.24) is 24.0 Å². The Hall–Kier alpha value is -5.38. The number of carbonyl (C=O) groups excluding carboxylic acids is 1. The Morgan fingerprint density at radius 3 is 2.25 bits per heavy atom. The molecule has 0 radical (unpaired) electrons. The van der Waals surface area contributed by atoms with Gasteiger partial charge in [-0.1, -0.05) is 36.4 Å². The van der Waals surface area contributed by atoms with Gasteiger partial charge in [0.15, 0.2) is 11.5 Å². The minimum absolute atomic E-state index is 0.146. The molecule has 3 heterocycles. The summed E-state index contributed by atoms with van der Waals surface area (Å²) >= 11 is 0. The van der Waals surface area contributed by atoms with Crippen LogP contribution >= 0.6 is 0 Å². The zero-order valence-corrected chi connectivity index (χ0v) is 21.5. The Morgan fingerprint density at radius 1 is 0.900 bits per heavy atom. The van der Waals surface area contributed by atoms with Gasteiger partial charge in [0.25, 0.3) is 0 Å². The molecule has 6 rings (SSSR count). The Bertz CT molecular complexity index is 1720. The second kappa shape index (κ2) is 10.8. The van der Waals surface area contributed by atoms with Gasteiger partial charge in [0, 0.05) is 19.2 Å². The number of nitrogens with two attached hydrogens (primary N) is 1. The first kappa shape index (κ1) is 24.9. The Morgan fingerprint density at radius 2 is 1.55 bits per heavy atom. The molecular formula is C30H26N6O4. The molecule has 1 aliphatic rings. The normalized spacial score (nSPS) is 13.4. The number of para-hydroxylation sites is 2. The van der Waals surface area contributed by atoms with E-state index in [4.69, 9.17) is 15.2 Å². The van der Waals surface area contributed by atoms with Crippen LogP contribution in [-0.4, -0.2) is 49.6 Å². The number of ether oxygens (including phenoxy) is 2. The molecule has 1 saturated heterocycles. The van der Waals surface area contributed by atoms with Crippen molar-refractivity contribution < 1.29 is 14.3 Å². The molecular weight excluding hydrogens is 508 g/mol. The largest absolute Gasteiger partial charge is 0.490 e. The number of rotatable bonds is 8. The van der Waals surface area contributed by atoms with E-state index >= 15 is 0 Å². The Kier molecular flexibility index (Phi) is 6.72. The highest BCUT2D eigenvalue weighted by Crippen LogP contribution is 2.28. The summed E-state index contributed by atoms with van der Waals surface area (Å²) in [7, 11) is 0. The average Bonchev–Trinajstić information content (AvgIpc) is 3.25. The predicted octanol–water partition coefficient (Wildman–Crippen LogP) is 3.98. The van der Waals surface area contributed by atoms with Crippen LogP contribution in [-0.2, 0) is 4.79 Å². The van der Waals surface area contributed by atoms with Crippen molar-refractivity contribution in [2.45, 2.75) is 6.04 Å². The summed E-state index contributed by atoms with van der Waals surface area (Å²) in [4.78, 5) is 36.5. The van der Waals surface area contributed by atoms with Crippen molar-refractivity contribution in [3.05, 3.63) is 114 Å². The van der Waals surface area contributed by atoms with Gasteiger partial charge in [-0.15, -0.1) is 0 Å². The van der Waals surface area contributed by atoms with Gasteiger partial charge in [-0.25, -0.2) is 14.8 Å². The fourth-order valence-corrected chi connectivity index (χ4v) is 4.64. The number of aromatic nitrogens is 4. The summed E-state index contributed by atoms with van der Waals surface area (Å²) in [5, 5.41) is 0. The first-order chi connectivity index (χ1) is 19.6. The molecule has 0 aliphatic carbocycles. The molecule has 200 valence electrons. The first-order valence-electron chi connectivity index (χ1n) is 12.8. The van der Waals surface area contributed by atoms with Crippen molar-refractivity contribution in [2.75, 3.05) is 25.4 Å². The fourth-order valence-electron chi connectivity index (χ4n) is 4.64. The van der Waals surface area contributed by atoms with Crippen molar-refractivity contribution in [2.24, 2.45) is 0 Å². The first-order valence-corrected chi connectivity index (χ1v) is 12.8. The van der Waals surface area contributed by atoms with E-state index in [0.717, 1.165) is 5.75 Å². The van der Waals surface area contributed by atoms with Gasteiger partial charge in [-0.2, -0.15) is 0 Å². The average molecular weight is 535 g/mol. The number of imidazole rings is 1. The summed E-state index contributed by atoms with van der Waals surface area (Å²) in [5.74, 6) is 2.13. The third-order valence-corrected chi connectivity index (χ3v) is 6.64. The maximum absolute atomic E-state index is 13.7. The van der Waals surface area contributed by atoms with E-state index in [0.29, 0.717) is 41.4 Å². The lowest BCUT2D eigenvalue weighted by Crippen LogP contribution is -2.52. The standard InChI is InChI=1S/C30H26N6O4/c31-28-27-29(33-20-32-28)36(22-18-34(19-22)26(37)12-7-17-39-23-8-3-1-4-9-23)30(38)35(27)21-13-15-25(16-14-21)40-24-10-5-2-6-11-24/h1-16,20,22H,17-19H2,(H2,31,32,33)/b12-7+. The van der Waals surface area contributed by atoms with Gasteiger partial charge in [0.05, 0.1) is 11.7 Å². The molecule has 0 atom stereocenters. The predicted molar refractivity (Wildman–Crippen MR) is 151 cm³/mol. The maximum atomic E-state index is 13.7. The lowest BCUT2D eigenvalue weighted by molar-refractivity contribution is -0.131. The van der Waals surface area contributed by atoms with Gasteiger partial charge in [0.2, 0.25) is 5.91 Å². The van der Waals surface area contributed by atoms with Crippen molar-refractivity contribution in [3.8, 4) is 22.9 Å². The number of likely N-dealkylation sites (tertiary alicyclic amines) is 1. The monoisotopic (exact) mass is 534 g/mol. The minimum Gasteiger partial charge on any atom is -0.490 e. The SMILES string of the molecule is Nc1ncnc2c1n(-c1ccc(Oc3ccccc3)cc1)c(=O)n2C1CN(C(=O)/C=C/COc2ccccc2)C1. The third kappa shape index (κ3) is 4.90. The molecule has 40 heavy (non-hydrogen) atoms. The van der Waals surface area contributed by atoms with Crippen molar-refractivity contribution >= 4 is 22.9 Å². The number of nitrogens with zero attached hydrogens (tertiary/aromatic N) is 5. The van der Waals surface area contributed by atoms with E-state index in [2.05, 4.69) is 9.97 Å². The van der Waals surface area contributed by atoms with Crippen LogP contribution in [0.2, 0.25) is 0 Å². The molecule has 10 nitrogen and oxygen atoms in total. The number of nitrogen functional groups attached to an aromatic ring is 1. The molecule has 1 amide bonds.